The normalized spacial score (nSPS) is 53.8. The van der Waals surface area contributed by atoms with Crippen LogP contribution in [0.3, 0.4) is 0 Å². The number of allylic oxidation sites excluding steroid dienone is 1. The Hall–Kier alpha value is -0.620. The van der Waals surface area contributed by atoms with Crippen molar-refractivity contribution in [3.8, 4) is 0 Å². The Morgan fingerprint density at radius 3 is 2.32 bits per heavy atom. The molecular weight excluding hydrogens is 600 g/mol. The van der Waals surface area contributed by atoms with Crippen LogP contribution in [-0.4, -0.2) is 103 Å². The molecule has 12 unspecified atom stereocenters. The fourth-order valence-corrected chi connectivity index (χ4v) is 12.3. The molecule has 0 N–H and O–H groups in total. The number of hydrogen-bond donors (Lipinski definition) is 0. The topological polar surface area (TPSA) is 83.1 Å². The molecule has 0 bridgehead atoms. The number of rotatable bonds is 9. The van der Waals surface area contributed by atoms with Gasteiger partial charge in [0.05, 0.1) is 31.0 Å². The summed E-state index contributed by atoms with van der Waals surface area (Å²) in [5.41, 5.74) is 1.81. The highest BCUT2D eigenvalue weighted by molar-refractivity contribution is 5.26. The van der Waals surface area contributed by atoms with Crippen LogP contribution in [0.15, 0.2) is 11.6 Å². The van der Waals surface area contributed by atoms with Crippen molar-refractivity contribution in [2.24, 2.45) is 40.4 Å². The van der Waals surface area contributed by atoms with Crippen LogP contribution in [0.25, 0.3) is 0 Å². The van der Waals surface area contributed by atoms with Gasteiger partial charge in [0.15, 0.2) is 12.1 Å². The third-order valence-electron chi connectivity index (χ3n) is 14.8. The molecule has 3 saturated carbocycles. The minimum Gasteiger partial charge on any atom is -0.382 e. The maximum atomic E-state index is 7.17. The van der Waals surface area contributed by atoms with E-state index in [1.165, 1.54) is 32.1 Å². The monoisotopic (exact) mass is 662 g/mol. The van der Waals surface area contributed by atoms with E-state index >= 15 is 0 Å². The second-order valence-corrected chi connectivity index (χ2v) is 16.9. The van der Waals surface area contributed by atoms with Crippen LogP contribution in [0.4, 0.5) is 0 Å². The summed E-state index contributed by atoms with van der Waals surface area (Å²) in [4.78, 5) is 0. The smallest absolute Gasteiger partial charge is 0.187 e. The van der Waals surface area contributed by atoms with Crippen molar-refractivity contribution < 1.29 is 42.6 Å². The average Bonchev–Trinajstić information content (AvgIpc) is 3.66. The molecule has 3 heterocycles. The molecule has 9 heteroatoms. The van der Waals surface area contributed by atoms with Gasteiger partial charge in [0.1, 0.15) is 24.4 Å². The van der Waals surface area contributed by atoms with Crippen molar-refractivity contribution in [1.29, 1.82) is 0 Å². The highest BCUT2D eigenvalue weighted by Crippen LogP contribution is 2.71. The summed E-state index contributed by atoms with van der Waals surface area (Å²) in [7, 11) is 8.53. The van der Waals surface area contributed by atoms with E-state index in [0.717, 1.165) is 37.5 Å². The van der Waals surface area contributed by atoms with Crippen LogP contribution in [0, 0.1) is 40.4 Å². The molecule has 3 aliphatic heterocycles. The summed E-state index contributed by atoms with van der Waals surface area (Å²) in [6, 6.07) is 0. The van der Waals surface area contributed by atoms with Crippen LogP contribution in [0.2, 0.25) is 0 Å². The van der Waals surface area contributed by atoms with E-state index in [1.807, 2.05) is 7.11 Å². The lowest BCUT2D eigenvalue weighted by Crippen LogP contribution is -2.61. The molecular formula is C38H62O9. The summed E-state index contributed by atoms with van der Waals surface area (Å²) in [5.74, 6) is 2.52. The Morgan fingerprint density at radius 1 is 0.851 bits per heavy atom. The van der Waals surface area contributed by atoms with Crippen LogP contribution in [-0.2, 0) is 42.6 Å². The van der Waals surface area contributed by atoms with Crippen molar-refractivity contribution in [1.82, 2.24) is 0 Å². The van der Waals surface area contributed by atoms with E-state index < -0.39 is 23.8 Å². The molecule has 0 aromatic rings. The lowest BCUT2D eigenvalue weighted by Gasteiger charge is -2.58. The van der Waals surface area contributed by atoms with E-state index in [4.69, 9.17) is 42.6 Å². The van der Waals surface area contributed by atoms with Gasteiger partial charge in [-0.15, -0.1) is 0 Å². The number of fused-ring (bicyclic) bond motifs is 7. The zero-order chi connectivity index (χ0) is 33.4. The third-order valence-corrected chi connectivity index (χ3v) is 14.8. The molecule has 47 heavy (non-hydrogen) atoms. The van der Waals surface area contributed by atoms with Gasteiger partial charge in [-0.2, -0.15) is 0 Å². The zero-order valence-corrected chi connectivity index (χ0v) is 30.5. The Labute approximate surface area is 283 Å². The number of ether oxygens (including phenoxy) is 9. The van der Waals surface area contributed by atoms with Crippen molar-refractivity contribution in [3.63, 3.8) is 0 Å². The fraction of sp³-hybridized carbons (Fsp3) is 0.947. The number of hydrogen-bond acceptors (Lipinski definition) is 9. The molecule has 0 aromatic carbocycles. The quantitative estimate of drug-likeness (QED) is 0.280. The van der Waals surface area contributed by atoms with E-state index in [1.54, 1.807) is 34.0 Å². The van der Waals surface area contributed by atoms with Crippen molar-refractivity contribution in [3.05, 3.63) is 11.6 Å². The fourth-order valence-electron chi connectivity index (χ4n) is 12.3. The molecule has 9 nitrogen and oxygen atoms in total. The van der Waals surface area contributed by atoms with E-state index in [0.29, 0.717) is 42.5 Å². The van der Waals surface area contributed by atoms with Crippen LogP contribution >= 0.6 is 0 Å². The average molecular weight is 663 g/mol. The molecule has 6 fully saturated rings. The molecule has 1 spiro atoms. The molecule has 268 valence electrons. The number of methoxy groups -OCH3 is 5. The molecule has 0 radical (unpaired) electrons. The van der Waals surface area contributed by atoms with Gasteiger partial charge in [-0.25, -0.2) is 0 Å². The van der Waals surface area contributed by atoms with Crippen LogP contribution in [0.1, 0.15) is 85.5 Å². The predicted molar refractivity (Wildman–Crippen MR) is 176 cm³/mol. The van der Waals surface area contributed by atoms with Gasteiger partial charge in [0, 0.05) is 47.9 Å². The second kappa shape index (κ2) is 12.9. The molecule has 7 rings (SSSR count). The van der Waals surface area contributed by atoms with Gasteiger partial charge in [0.25, 0.3) is 0 Å². The van der Waals surface area contributed by atoms with Crippen molar-refractivity contribution in [2.45, 2.75) is 140 Å². The van der Waals surface area contributed by atoms with Crippen molar-refractivity contribution in [2.75, 3.05) is 48.8 Å². The van der Waals surface area contributed by atoms with E-state index in [9.17, 15) is 0 Å². The first kappa shape index (κ1) is 34.8. The third kappa shape index (κ3) is 5.43. The summed E-state index contributed by atoms with van der Waals surface area (Å²) < 4.78 is 55.8. The summed E-state index contributed by atoms with van der Waals surface area (Å²) in [5, 5.41) is 0. The molecule has 16 atom stereocenters. The van der Waals surface area contributed by atoms with Gasteiger partial charge in [-0.05, 0) is 92.8 Å². The Balaban J connectivity index is 1.03. The SMILES string of the molecule is COC[C@@H]1O[C@H](OCC2(C)CCC3(OC4CC5C6CC=C7CC(OC)CCC7(C)C6CCC5(C)C4C3C)O2)C(OC)[C@H](OC)[C@H]1OC. The van der Waals surface area contributed by atoms with Crippen molar-refractivity contribution >= 4 is 0 Å². The standard InChI is InChI=1S/C38H62O9/c1-22-30-28(19-27-25-11-10-23-18-24(40-6)12-14-36(23,3)26(25)13-15-37(27,30)4)46-38(22)17-16-35(2,47-38)21-44-34-33(43-9)32(42-8)31(41-7)29(45-34)20-39-5/h10,22,24-34H,11-21H2,1-9H3/t22?,24?,25?,26?,27?,28?,29-,30?,31-,32+,33?,34-,35?,36?,37?,38?/m0/s1. The summed E-state index contributed by atoms with van der Waals surface area (Å²) in [6.45, 7) is 10.5. The minimum absolute atomic E-state index is 0.257. The molecule has 7 aliphatic rings. The Kier molecular flexibility index (Phi) is 9.52. The summed E-state index contributed by atoms with van der Waals surface area (Å²) >= 11 is 0. The van der Waals surface area contributed by atoms with Gasteiger partial charge < -0.3 is 42.6 Å². The molecule has 0 aromatic heterocycles. The lowest BCUT2D eigenvalue weighted by molar-refractivity contribution is -0.327. The Bertz CT molecular complexity index is 1160. The molecule has 0 amide bonds. The Morgan fingerprint density at radius 2 is 1.62 bits per heavy atom. The van der Waals surface area contributed by atoms with Gasteiger partial charge in [-0.3, -0.25) is 0 Å². The van der Waals surface area contributed by atoms with E-state index in [2.05, 4.69) is 33.8 Å². The first-order valence-electron chi connectivity index (χ1n) is 18.4. The van der Waals surface area contributed by atoms with Gasteiger partial charge >= 0.3 is 0 Å². The zero-order valence-electron chi connectivity index (χ0n) is 30.5. The van der Waals surface area contributed by atoms with Crippen LogP contribution in [0.5, 0.6) is 0 Å². The van der Waals surface area contributed by atoms with E-state index in [-0.39, 0.29) is 29.8 Å². The highest BCUT2D eigenvalue weighted by Gasteiger charge is 2.70. The second-order valence-electron chi connectivity index (χ2n) is 16.9. The van der Waals surface area contributed by atoms with Gasteiger partial charge in [0.2, 0.25) is 0 Å². The first-order valence-corrected chi connectivity index (χ1v) is 18.4. The molecule has 3 saturated heterocycles. The maximum absolute atomic E-state index is 7.17. The molecule has 4 aliphatic carbocycles. The summed E-state index contributed by atoms with van der Waals surface area (Å²) in [6.07, 6.45) is 11.5. The first-order chi connectivity index (χ1) is 22.5. The minimum atomic E-state index is -0.638. The predicted octanol–water partition coefficient (Wildman–Crippen LogP) is 5.92. The largest absolute Gasteiger partial charge is 0.382 e. The lowest BCUT2D eigenvalue weighted by atomic mass is 9.47. The maximum Gasteiger partial charge on any atom is 0.187 e. The van der Waals surface area contributed by atoms with Crippen LogP contribution < -0.4 is 0 Å². The van der Waals surface area contributed by atoms with Gasteiger partial charge in [-0.1, -0.05) is 32.4 Å². The highest BCUT2D eigenvalue weighted by atomic mass is 16.8.